The molecule has 128 valence electrons. The van der Waals surface area contributed by atoms with Crippen LogP contribution in [0.4, 0.5) is 9.18 Å². The van der Waals surface area contributed by atoms with Gasteiger partial charge >= 0.3 is 6.09 Å². The van der Waals surface area contributed by atoms with Gasteiger partial charge in [0.05, 0.1) is 13.2 Å². The SMILES string of the molecule is COc1cc(C)cc(F)c1C1CN(C(=O)OC(C)(C)C)CCN1. The largest absolute Gasteiger partial charge is 0.496 e. The van der Waals surface area contributed by atoms with Crippen LogP contribution in [0.3, 0.4) is 0 Å². The topological polar surface area (TPSA) is 50.8 Å². The molecule has 1 N–H and O–H groups in total. The molecule has 1 fully saturated rings. The number of nitrogens with zero attached hydrogens (tertiary/aromatic N) is 1. The first kappa shape index (κ1) is 17.5. The maximum atomic E-state index is 14.4. The second-order valence-electron chi connectivity index (χ2n) is 6.80. The van der Waals surface area contributed by atoms with Crippen LogP contribution in [0.25, 0.3) is 0 Å². The molecule has 0 aromatic heterocycles. The van der Waals surface area contributed by atoms with E-state index < -0.39 is 5.60 Å². The first-order valence-corrected chi connectivity index (χ1v) is 7.76. The van der Waals surface area contributed by atoms with E-state index in [-0.39, 0.29) is 18.0 Å². The summed E-state index contributed by atoms with van der Waals surface area (Å²) in [7, 11) is 1.52. The van der Waals surface area contributed by atoms with Gasteiger partial charge in [0.2, 0.25) is 0 Å². The Morgan fingerprint density at radius 3 is 2.70 bits per heavy atom. The third-order valence-electron chi connectivity index (χ3n) is 3.63. The van der Waals surface area contributed by atoms with Gasteiger partial charge in [0.1, 0.15) is 17.2 Å². The van der Waals surface area contributed by atoms with E-state index in [0.717, 1.165) is 5.56 Å². The summed E-state index contributed by atoms with van der Waals surface area (Å²) in [5.74, 6) is 0.163. The first-order valence-electron chi connectivity index (χ1n) is 7.76. The van der Waals surface area contributed by atoms with Crippen molar-refractivity contribution in [1.82, 2.24) is 10.2 Å². The average Bonchev–Trinajstić information content (AvgIpc) is 2.44. The van der Waals surface area contributed by atoms with Crippen molar-refractivity contribution in [2.75, 3.05) is 26.7 Å². The summed E-state index contributed by atoms with van der Waals surface area (Å²) in [5.41, 5.74) is 0.693. The molecule has 1 unspecified atom stereocenters. The van der Waals surface area contributed by atoms with Gasteiger partial charge in [0.25, 0.3) is 0 Å². The molecular formula is C17H25FN2O3. The van der Waals surface area contributed by atoms with Crippen molar-refractivity contribution >= 4 is 6.09 Å². The monoisotopic (exact) mass is 324 g/mol. The van der Waals surface area contributed by atoms with Gasteiger partial charge in [-0.3, -0.25) is 0 Å². The Morgan fingerprint density at radius 1 is 1.39 bits per heavy atom. The normalized spacial score (nSPS) is 18.7. The molecular weight excluding hydrogens is 299 g/mol. The van der Waals surface area contributed by atoms with Crippen LogP contribution in [0.1, 0.15) is 37.9 Å². The lowest BCUT2D eigenvalue weighted by Crippen LogP contribution is -2.50. The molecule has 1 aromatic carbocycles. The summed E-state index contributed by atoms with van der Waals surface area (Å²) in [4.78, 5) is 13.8. The maximum Gasteiger partial charge on any atom is 0.410 e. The van der Waals surface area contributed by atoms with Crippen LogP contribution in [0.15, 0.2) is 12.1 Å². The van der Waals surface area contributed by atoms with E-state index in [1.54, 1.807) is 11.0 Å². The fourth-order valence-electron chi connectivity index (χ4n) is 2.66. The van der Waals surface area contributed by atoms with Gasteiger partial charge in [-0.05, 0) is 45.4 Å². The highest BCUT2D eigenvalue weighted by molar-refractivity contribution is 5.68. The zero-order valence-corrected chi connectivity index (χ0v) is 14.4. The van der Waals surface area contributed by atoms with Crippen molar-refractivity contribution in [2.45, 2.75) is 39.3 Å². The molecule has 23 heavy (non-hydrogen) atoms. The minimum absolute atomic E-state index is 0.327. The number of hydrogen-bond donors (Lipinski definition) is 1. The van der Waals surface area contributed by atoms with Gasteiger partial charge in [0, 0.05) is 25.2 Å². The maximum absolute atomic E-state index is 14.4. The summed E-state index contributed by atoms with van der Waals surface area (Å²) in [6, 6.07) is 2.95. The van der Waals surface area contributed by atoms with Crippen molar-refractivity contribution in [1.29, 1.82) is 0 Å². The highest BCUT2D eigenvalue weighted by atomic mass is 19.1. The third kappa shape index (κ3) is 4.34. The van der Waals surface area contributed by atoms with Gasteiger partial charge in [-0.15, -0.1) is 0 Å². The Morgan fingerprint density at radius 2 is 2.09 bits per heavy atom. The Hall–Kier alpha value is -1.82. The molecule has 1 atom stereocenters. The zero-order chi connectivity index (χ0) is 17.2. The predicted octanol–water partition coefficient (Wildman–Crippen LogP) is 3.02. The molecule has 2 rings (SSSR count). The second-order valence-corrected chi connectivity index (χ2v) is 6.80. The Labute approximate surface area is 136 Å². The van der Waals surface area contributed by atoms with E-state index in [2.05, 4.69) is 5.32 Å². The summed E-state index contributed by atoms with van der Waals surface area (Å²) in [5, 5.41) is 3.25. The lowest BCUT2D eigenvalue weighted by molar-refractivity contribution is 0.0193. The highest BCUT2D eigenvalue weighted by Crippen LogP contribution is 2.31. The van der Waals surface area contributed by atoms with Crippen LogP contribution in [-0.2, 0) is 4.74 Å². The molecule has 6 heteroatoms. The number of piperazine rings is 1. The molecule has 1 heterocycles. The minimum Gasteiger partial charge on any atom is -0.496 e. The van der Waals surface area contributed by atoms with Crippen LogP contribution < -0.4 is 10.1 Å². The Balaban J connectivity index is 2.20. The van der Waals surface area contributed by atoms with Crippen molar-refractivity contribution < 1.29 is 18.7 Å². The number of rotatable bonds is 2. The summed E-state index contributed by atoms with van der Waals surface area (Å²) < 4.78 is 25.2. The van der Waals surface area contributed by atoms with Crippen LogP contribution in [0.2, 0.25) is 0 Å². The molecule has 0 radical (unpaired) electrons. The number of carbonyl (C=O) groups is 1. The molecule has 5 nitrogen and oxygen atoms in total. The molecule has 1 saturated heterocycles. The molecule has 1 aromatic rings. The van der Waals surface area contributed by atoms with Crippen molar-refractivity contribution in [3.8, 4) is 5.75 Å². The molecule has 0 saturated carbocycles. The number of methoxy groups -OCH3 is 1. The average molecular weight is 324 g/mol. The van der Waals surface area contributed by atoms with Crippen molar-refractivity contribution in [3.05, 3.63) is 29.1 Å². The summed E-state index contributed by atoms with van der Waals surface area (Å²) in [6.07, 6.45) is -0.379. The quantitative estimate of drug-likeness (QED) is 0.908. The molecule has 0 aliphatic carbocycles. The molecule has 1 aliphatic heterocycles. The highest BCUT2D eigenvalue weighted by Gasteiger charge is 2.31. The fourth-order valence-corrected chi connectivity index (χ4v) is 2.66. The van der Waals surface area contributed by atoms with E-state index in [0.29, 0.717) is 30.9 Å². The number of halogens is 1. The van der Waals surface area contributed by atoms with E-state index in [9.17, 15) is 9.18 Å². The number of ether oxygens (including phenoxy) is 2. The second kappa shape index (κ2) is 6.74. The van der Waals surface area contributed by atoms with Gasteiger partial charge in [0.15, 0.2) is 0 Å². The van der Waals surface area contributed by atoms with Crippen molar-refractivity contribution in [2.24, 2.45) is 0 Å². The summed E-state index contributed by atoms with van der Waals surface area (Å²) >= 11 is 0. The van der Waals surface area contributed by atoms with E-state index in [1.165, 1.54) is 13.2 Å². The number of amides is 1. The van der Waals surface area contributed by atoms with Crippen LogP contribution >= 0.6 is 0 Å². The van der Waals surface area contributed by atoms with Gasteiger partial charge in [-0.1, -0.05) is 0 Å². The Bertz CT molecular complexity index is 584. The predicted molar refractivity (Wildman–Crippen MR) is 86.2 cm³/mol. The number of benzene rings is 1. The number of hydrogen-bond acceptors (Lipinski definition) is 4. The number of aryl methyl sites for hydroxylation is 1. The smallest absolute Gasteiger partial charge is 0.410 e. The minimum atomic E-state index is -0.551. The standard InChI is InChI=1S/C17H25FN2O3/c1-11-8-12(18)15(14(9-11)22-5)13-10-20(7-6-19-13)16(21)23-17(2,3)4/h8-9,13,19H,6-7,10H2,1-5H3. The summed E-state index contributed by atoms with van der Waals surface area (Å²) in [6.45, 7) is 8.73. The van der Waals surface area contributed by atoms with Crippen LogP contribution in [0, 0.1) is 12.7 Å². The molecule has 1 aliphatic rings. The van der Waals surface area contributed by atoms with E-state index in [4.69, 9.17) is 9.47 Å². The Kier molecular flexibility index (Phi) is 5.14. The lowest BCUT2D eigenvalue weighted by atomic mass is 10.0. The first-order chi connectivity index (χ1) is 10.7. The van der Waals surface area contributed by atoms with Gasteiger partial charge in [-0.2, -0.15) is 0 Å². The third-order valence-corrected chi connectivity index (χ3v) is 3.63. The van der Waals surface area contributed by atoms with E-state index >= 15 is 0 Å². The number of carbonyl (C=O) groups excluding carboxylic acids is 1. The van der Waals surface area contributed by atoms with Gasteiger partial charge in [-0.25, -0.2) is 9.18 Å². The zero-order valence-electron chi connectivity index (χ0n) is 14.4. The molecule has 1 amide bonds. The lowest BCUT2D eigenvalue weighted by Gasteiger charge is -2.35. The molecule has 0 bridgehead atoms. The van der Waals surface area contributed by atoms with Crippen molar-refractivity contribution in [3.63, 3.8) is 0 Å². The van der Waals surface area contributed by atoms with Crippen LogP contribution in [-0.4, -0.2) is 43.3 Å². The van der Waals surface area contributed by atoms with E-state index in [1.807, 2.05) is 27.7 Å². The van der Waals surface area contributed by atoms with Gasteiger partial charge < -0.3 is 19.7 Å². The fraction of sp³-hybridized carbons (Fsp3) is 0.588. The van der Waals surface area contributed by atoms with Crippen LogP contribution in [0.5, 0.6) is 5.75 Å². The molecule has 0 spiro atoms. The number of nitrogens with one attached hydrogen (secondary N) is 1.